The third kappa shape index (κ3) is 3.93. The number of nitrogens with zero attached hydrogens (tertiary/aromatic N) is 1. The molecule has 0 fully saturated rings. The van der Waals surface area contributed by atoms with Crippen LogP contribution in [-0.2, 0) is 6.42 Å². The minimum absolute atomic E-state index is 0.117. The molecule has 0 saturated heterocycles. The van der Waals surface area contributed by atoms with Gasteiger partial charge in [-0.25, -0.2) is 4.79 Å². The van der Waals surface area contributed by atoms with Crippen LogP contribution in [0.25, 0.3) is 0 Å². The van der Waals surface area contributed by atoms with Crippen LogP contribution in [0.15, 0.2) is 30.3 Å². The van der Waals surface area contributed by atoms with Crippen LogP contribution in [0.4, 0.5) is 11.4 Å². The minimum Gasteiger partial charge on any atom is -0.478 e. The predicted octanol–water partition coefficient (Wildman–Crippen LogP) is 3.66. The first kappa shape index (κ1) is 15.3. The molecule has 0 aliphatic carbocycles. The summed E-state index contributed by atoms with van der Waals surface area (Å²) in [6.07, 6.45) is 0.688. The highest BCUT2D eigenvalue weighted by molar-refractivity contribution is 7.16. The van der Waals surface area contributed by atoms with Crippen LogP contribution in [0, 0.1) is 10.1 Å². The predicted molar refractivity (Wildman–Crippen MR) is 81.6 cm³/mol. The highest BCUT2D eigenvalue weighted by Crippen LogP contribution is 2.24. The first-order chi connectivity index (χ1) is 9.97. The summed E-state index contributed by atoms with van der Waals surface area (Å²) >= 11 is 7.29. The van der Waals surface area contributed by atoms with Gasteiger partial charge >= 0.3 is 5.97 Å². The fourth-order valence-electron chi connectivity index (χ4n) is 1.78. The molecule has 0 spiro atoms. The Balaban J connectivity index is 2.08. The highest BCUT2D eigenvalue weighted by atomic mass is 35.5. The standard InChI is InChI=1S/C13H11ClN2O4S/c14-12-4-2-9(21-12)5-6-15-11-3-1-8(16(19)20)7-10(11)13(17)18/h1-4,7,15H,5-6H2,(H,17,18). The molecule has 1 aromatic carbocycles. The van der Waals surface area contributed by atoms with E-state index in [-0.39, 0.29) is 11.3 Å². The Morgan fingerprint density at radius 1 is 1.38 bits per heavy atom. The van der Waals surface area contributed by atoms with E-state index in [9.17, 15) is 14.9 Å². The Morgan fingerprint density at radius 2 is 2.14 bits per heavy atom. The second kappa shape index (κ2) is 6.55. The molecule has 0 amide bonds. The number of anilines is 1. The van der Waals surface area contributed by atoms with Crippen molar-refractivity contribution in [3.8, 4) is 0 Å². The number of nitro groups is 1. The molecule has 0 aliphatic heterocycles. The third-order valence-corrected chi connectivity index (χ3v) is 4.05. The monoisotopic (exact) mass is 326 g/mol. The summed E-state index contributed by atoms with van der Waals surface area (Å²) in [6.45, 7) is 0.509. The van der Waals surface area contributed by atoms with Gasteiger partial charge in [0.05, 0.1) is 14.8 Å². The second-order valence-electron chi connectivity index (χ2n) is 4.17. The van der Waals surface area contributed by atoms with Gasteiger partial charge in [-0.2, -0.15) is 0 Å². The largest absolute Gasteiger partial charge is 0.478 e. The van der Waals surface area contributed by atoms with Crippen molar-refractivity contribution in [2.45, 2.75) is 6.42 Å². The number of benzene rings is 1. The summed E-state index contributed by atoms with van der Waals surface area (Å²) in [5.74, 6) is -1.21. The van der Waals surface area contributed by atoms with Crippen molar-refractivity contribution in [3.05, 3.63) is 55.2 Å². The van der Waals surface area contributed by atoms with Crippen molar-refractivity contribution in [3.63, 3.8) is 0 Å². The van der Waals surface area contributed by atoms with E-state index >= 15 is 0 Å². The van der Waals surface area contributed by atoms with Crippen LogP contribution in [0.3, 0.4) is 0 Å². The number of rotatable bonds is 6. The first-order valence-corrected chi connectivity index (χ1v) is 7.16. The van der Waals surface area contributed by atoms with Crippen molar-refractivity contribution < 1.29 is 14.8 Å². The van der Waals surface area contributed by atoms with Gasteiger partial charge in [0.2, 0.25) is 0 Å². The lowest BCUT2D eigenvalue weighted by molar-refractivity contribution is -0.384. The van der Waals surface area contributed by atoms with Crippen LogP contribution in [0.1, 0.15) is 15.2 Å². The number of non-ortho nitro benzene ring substituents is 1. The van der Waals surface area contributed by atoms with Crippen molar-refractivity contribution in [2.24, 2.45) is 0 Å². The number of nitro benzene ring substituents is 1. The van der Waals surface area contributed by atoms with E-state index in [0.717, 1.165) is 10.9 Å². The van der Waals surface area contributed by atoms with Crippen molar-refractivity contribution in [1.82, 2.24) is 0 Å². The van der Waals surface area contributed by atoms with Crippen molar-refractivity contribution in [1.29, 1.82) is 0 Å². The van der Waals surface area contributed by atoms with Gasteiger partial charge in [-0.1, -0.05) is 11.6 Å². The molecule has 21 heavy (non-hydrogen) atoms. The Morgan fingerprint density at radius 3 is 2.71 bits per heavy atom. The Labute approximate surface area is 129 Å². The Kier molecular flexibility index (Phi) is 4.77. The molecule has 0 saturated carbocycles. The van der Waals surface area contributed by atoms with Crippen LogP contribution >= 0.6 is 22.9 Å². The summed E-state index contributed by atoms with van der Waals surface area (Å²) in [4.78, 5) is 22.3. The third-order valence-electron chi connectivity index (χ3n) is 2.76. The Bertz CT molecular complexity index is 687. The summed E-state index contributed by atoms with van der Waals surface area (Å²) in [5, 5.41) is 22.8. The van der Waals surface area contributed by atoms with Crippen molar-refractivity contribution in [2.75, 3.05) is 11.9 Å². The quantitative estimate of drug-likeness (QED) is 0.624. The number of hydrogen-bond acceptors (Lipinski definition) is 5. The summed E-state index contributed by atoms with van der Waals surface area (Å²) in [6, 6.07) is 7.44. The molecule has 2 rings (SSSR count). The molecule has 0 unspecified atom stereocenters. The van der Waals surface area contributed by atoms with E-state index in [1.807, 2.05) is 6.07 Å². The number of nitrogens with one attached hydrogen (secondary N) is 1. The molecule has 0 bridgehead atoms. The fraction of sp³-hybridized carbons (Fsp3) is 0.154. The van der Waals surface area contributed by atoms with E-state index in [2.05, 4.69) is 5.32 Å². The number of carboxylic acid groups (broad SMARTS) is 1. The zero-order valence-corrected chi connectivity index (χ0v) is 12.3. The fourth-order valence-corrected chi connectivity index (χ4v) is 2.87. The number of carboxylic acids is 1. The highest BCUT2D eigenvalue weighted by Gasteiger charge is 2.15. The summed E-state index contributed by atoms with van der Waals surface area (Å²) < 4.78 is 0.701. The van der Waals surface area contributed by atoms with Crippen LogP contribution in [-0.4, -0.2) is 22.5 Å². The molecule has 0 radical (unpaired) electrons. The van der Waals surface area contributed by atoms with Gasteiger partial charge in [0.1, 0.15) is 0 Å². The lowest BCUT2D eigenvalue weighted by Gasteiger charge is -2.08. The number of carbonyl (C=O) groups is 1. The number of thiophene rings is 1. The normalized spacial score (nSPS) is 10.3. The van der Waals surface area contributed by atoms with Crippen LogP contribution < -0.4 is 5.32 Å². The van der Waals surface area contributed by atoms with E-state index in [1.54, 1.807) is 6.07 Å². The lowest BCUT2D eigenvalue weighted by atomic mass is 10.1. The van der Waals surface area contributed by atoms with Crippen LogP contribution in [0.5, 0.6) is 0 Å². The smallest absolute Gasteiger partial charge is 0.338 e. The molecular formula is C13H11ClN2O4S. The maximum Gasteiger partial charge on any atom is 0.338 e. The average Bonchev–Trinajstić information content (AvgIpc) is 2.84. The molecule has 110 valence electrons. The molecule has 0 aliphatic rings. The van der Waals surface area contributed by atoms with Gasteiger partial charge in [0.15, 0.2) is 0 Å². The van der Waals surface area contributed by atoms with E-state index in [4.69, 9.17) is 16.7 Å². The van der Waals surface area contributed by atoms with Gasteiger partial charge in [0, 0.05) is 29.2 Å². The molecule has 1 aromatic heterocycles. The maximum absolute atomic E-state index is 11.2. The molecule has 1 heterocycles. The zero-order valence-electron chi connectivity index (χ0n) is 10.7. The first-order valence-electron chi connectivity index (χ1n) is 5.97. The van der Waals surface area contributed by atoms with E-state index < -0.39 is 10.9 Å². The van der Waals surface area contributed by atoms with Gasteiger partial charge in [-0.15, -0.1) is 11.3 Å². The van der Waals surface area contributed by atoms with Crippen molar-refractivity contribution >= 4 is 40.3 Å². The SMILES string of the molecule is O=C(O)c1cc([N+](=O)[O-])ccc1NCCc1ccc(Cl)s1. The second-order valence-corrected chi connectivity index (χ2v) is 5.97. The summed E-state index contributed by atoms with van der Waals surface area (Å²) in [5.41, 5.74) is -0.00727. The van der Waals surface area contributed by atoms with Gasteiger partial charge in [-0.05, 0) is 24.6 Å². The molecule has 6 nitrogen and oxygen atoms in total. The van der Waals surface area contributed by atoms with Gasteiger partial charge in [0.25, 0.3) is 5.69 Å². The number of halogens is 1. The molecule has 8 heteroatoms. The van der Waals surface area contributed by atoms with Crippen LogP contribution in [0.2, 0.25) is 4.34 Å². The maximum atomic E-state index is 11.2. The van der Waals surface area contributed by atoms with Gasteiger partial charge < -0.3 is 10.4 Å². The Hall–Kier alpha value is -2.12. The zero-order chi connectivity index (χ0) is 15.4. The summed E-state index contributed by atoms with van der Waals surface area (Å²) in [7, 11) is 0. The molecular weight excluding hydrogens is 316 g/mol. The number of aromatic carboxylic acids is 1. The minimum atomic E-state index is -1.21. The lowest BCUT2D eigenvalue weighted by Crippen LogP contribution is -2.09. The topological polar surface area (TPSA) is 92.5 Å². The van der Waals surface area contributed by atoms with E-state index in [0.29, 0.717) is 23.0 Å². The molecule has 0 atom stereocenters. The van der Waals surface area contributed by atoms with E-state index in [1.165, 1.54) is 23.5 Å². The molecule has 2 aromatic rings. The number of hydrogen-bond donors (Lipinski definition) is 2. The average molecular weight is 327 g/mol. The molecule has 2 N–H and O–H groups in total. The van der Waals surface area contributed by atoms with Gasteiger partial charge in [-0.3, -0.25) is 10.1 Å².